The first kappa shape index (κ1) is 13.9. The highest BCUT2D eigenvalue weighted by Crippen LogP contribution is 2.29. The second-order valence-corrected chi connectivity index (χ2v) is 4.31. The van der Waals surface area contributed by atoms with E-state index in [-0.39, 0.29) is 6.42 Å². The van der Waals surface area contributed by atoms with Crippen LogP contribution in [0.2, 0.25) is 0 Å². The summed E-state index contributed by atoms with van der Waals surface area (Å²) in [6, 6.07) is 14.8. The molecule has 0 amide bonds. The lowest BCUT2D eigenvalue weighted by atomic mass is 10.1. The van der Waals surface area contributed by atoms with Gasteiger partial charge in [-0.25, -0.2) is 0 Å². The summed E-state index contributed by atoms with van der Waals surface area (Å²) in [5.41, 5.74) is 1.65. The Morgan fingerprint density at radius 1 is 1.05 bits per heavy atom. The van der Waals surface area contributed by atoms with Crippen molar-refractivity contribution in [1.82, 2.24) is 0 Å². The van der Waals surface area contributed by atoms with Gasteiger partial charge in [-0.15, -0.1) is 0 Å². The van der Waals surface area contributed by atoms with Crippen molar-refractivity contribution >= 4 is 5.97 Å². The normalized spacial score (nSPS) is 10.1. The van der Waals surface area contributed by atoms with Crippen LogP contribution in [0.5, 0.6) is 11.5 Å². The van der Waals surface area contributed by atoms with E-state index in [9.17, 15) is 9.90 Å². The molecule has 0 aromatic heterocycles. The highest BCUT2D eigenvalue weighted by molar-refractivity contribution is 5.68. The zero-order valence-corrected chi connectivity index (χ0v) is 11.2. The lowest BCUT2D eigenvalue weighted by molar-refractivity contribution is -0.304. The highest BCUT2D eigenvalue weighted by Gasteiger charge is 2.06. The number of rotatable bonds is 6. The van der Waals surface area contributed by atoms with Gasteiger partial charge in [0, 0.05) is 12.4 Å². The van der Waals surface area contributed by atoms with Crippen molar-refractivity contribution in [3.8, 4) is 11.5 Å². The molecular formula is C16H15O4-. The fraction of sp³-hybridized carbons (Fsp3) is 0.188. The van der Waals surface area contributed by atoms with E-state index < -0.39 is 5.97 Å². The molecule has 4 nitrogen and oxygen atoms in total. The number of benzene rings is 2. The number of methoxy groups -OCH3 is 1. The van der Waals surface area contributed by atoms with Crippen LogP contribution in [0.1, 0.15) is 11.1 Å². The van der Waals surface area contributed by atoms with Crippen LogP contribution in [0.15, 0.2) is 48.5 Å². The average Bonchev–Trinajstić information content (AvgIpc) is 2.46. The van der Waals surface area contributed by atoms with E-state index in [1.165, 1.54) is 0 Å². The van der Waals surface area contributed by atoms with Gasteiger partial charge in [0.15, 0.2) is 11.5 Å². The Kier molecular flexibility index (Phi) is 4.60. The Labute approximate surface area is 117 Å². The second-order valence-electron chi connectivity index (χ2n) is 4.31. The van der Waals surface area contributed by atoms with Crippen LogP contribution in [0.3, 0.4) is 0 Å². The number of carboxylic acids is 1. The molecule has 0 saturated carbocycles. The summed E-state index contributed by atoms with van der Waals surface area (Å²) in [6.45, 7) is 0.395. The maximum Gasteiger partial charge on any atom is 0.161 e. The maximum absolute atomic E-state index is 10.6. The van der Waals surface area contributed by atoms with Crippen LogP contribution in [0, 0.1) is 0 Å². The van der Waals surface area contributed by atoms with Crippen LogP contribution >= 0.6 is 0 Å². The molecule has 0 aliphatic heterocycles. The Bertz CT molecular complexity index is 578. The van der Waals surface area contributed by atoms with Crippen molar-refractivity contribution in [1.29, 1.82) is 0 Å². The summed E-state index contributed by atoms with van der Waals surface area (Å²) in [5.74, 6) is -0.0256. The van der Waals surface area contributed by atoms with E-state index >= 15 is 0 Å². The first-order valence-electron chi connectivity index (χ1n) is 6.22. The number of hydrogen-bond donors (Lipinski definition) is 0. The molecule has 0 heterocycles. The molecule has 4 heteroatoms. The van der Waals surface area contributed by atoms with Crippen molar-refractivity contribution in [2.75, 3.05) is 7.11 Å². The van der Waals surface area contributed by atoms with Gasteiger partial charge < -0.3 is 19.4 Å². The summed E-state index contributed by atoms with van der Waals surface area (Å²) in [6.07, 6.45) is -0.147. The Morgan fingerprint density at radius 2 is 1.80 bits per heavy atom. The minimum Gasteiger partial charge on any atom is -0.550 e. The van der Waals surface area contributed by atoms with Crippen LogP contribution < -0.4 is 14.6 Å². The fourth-order valence-corrected chi connectivity index (χ4v) is 1.85. The third kappa shape index (κ3) is 3.75. The molecule has 20 heavy (non-hydrogen) atoms. The van der Waals surface area contributed by atoms with E-state index in [2.05, 4.69) is 0 Å². The molecule has 0 spiro atoms. The Morgan fingerprint density at radius 3 is 2.45 bits per heavy atom. The Balaban J connectivity index is 2.13. The molecule has 0 radical (unpaired) electrons. The van der Waals surface area contributed by atoms with Crippen LogP contribution in [0.4, 0.5) is 0 Å². The lowest BCUT2D eigenvalue weighted by Crippen LogP contribution is -2.24. The summed E-state index contributed by atoms with van der Waals surface area (Å²) in [4.78, 5) is 10.6. The molecule has 2 aromatic rings. The standard InChI is InChI=1S/C16H16O4/c1-19-14-8-7-13(10-16(17)18)9-15(14)20-11-12-5-3-2-4-6-12/h2-9H,10-11H2,1H3,(H,17,18)/p-1. The van der Waals surface area contributed by atoms with E-state index in [0.717, 1.165) is 5.56 Å². The van der Waals surface area contributed by atoms with Crippen LogP contribution in [0.25, 0.3) is 0 Å². The number of carboxylic acid groups (broad SMARTS) is 1. The highest BCUT2D eigenvalue weighted by atomic mass is 16.5. The second kappa shape index (κ2) is 6.61. The zero-order valence-electron chi connectivity index (χ0n) is 11.2. The summed E-state index contributed by atoms with van der Waals surface area (Å²) >= 11 is 0. The first-order chi connectivity index (χ1) is 9.69. The van der Waals surface area contributed by atoms with Crippen molar-refractivity contribution < 1.29 is 19.4 Å². The van der Waals surface area contributed by atoms with Crippen LogP contribution in [-0.4, -0.2) is 13.1 Å². The molecule has 0 saturated heterocycles. The summed E-state index contributed by atoms with van der Waals surface area (Å²) in [7, 11) is 1.54. The van der Waals surface area contributed by atoms with Gasteiger partial charge in [-0.2, -0.15) is 0 Å². The molecule has 0 fully saturated rings. The topological polar surface area (TPSA) is 58.6 Å². The van der Waals surface area contributed by atoms with Gasteiger partial charge in [-0.3, -0.25) is 0 Å². The van der Waals surface area contributed by atoms with E-state index in [4.69, 9.17) is 9.47 Å². The molecule has 0 aliphatic carbocycles. The van der Waals surface area contributed by atoms with E-state index in [1.54, 1.807) is 25.3 Å². The molecule has 0 N–H and O–H groups in total. The van der Waals surface area contributed by atoms with Gasteiger partial charge in [0.05, 0.1) is 7.11 Å². The third-order valence-corrected chi connectivity index (χ3v) is 2.81. The smallest absolute Gasteiger partial charge is 0.161 e. The predicted molar refractivity (Wildman–Crippen MR) is 72.5 cm³/mol. The SMILES string of the molecule is COc1ccc(CC(=O)[O-])cc1OCc1ccccc1. The van der Waals surface area contributed by atoms with Crippen LogP contribution in [-0.2, 0) is 17.8 Å². The van der Waals surface area contributed by atoms with E-state index in [1.807, 2.05) is 30.3 Å². The third-order valence-electron chi connectivity index (χ3n) is 2.81. The van der Waals surface area contributed by atoms with Crippen molar-refractivity contribution in [2.45, 2.75) is 13.0 Å². The van der Waals surface area contributed by atoms with Gasteiger partial charge in [0.25, 0.3) is 0 Å². The van der Waals surface area contributed by atoms with Gasteiger partial charge >= 0.3 is 0 Å². The summed E-state index contributed by atoms with van der Waals surface area (Å²) in [5, 5.41) is 10.6. The van der Waals surface area contributed by atoms with Gasteiger partial charge in [-0.05, 0) is 23.3 Å². The predicted octanol–water partition coefficient (Wildman–Crippen LogP) is 1.57. The number of hydrogen-bond acceptors (Lipinski definition) is 4. The molecular weight excluding hydrogens is 256 g/mol. The van der Waals surface area contributed by atoms with Gasteiger partial charge in [0.1, 0.15) is 6.61 Å². The minimum absolute atomic E-state index is 0.147. The minimum atomic E-state index is -1.12. The number of carbonyl (C=O) groups is 1. The zero-order chi connectivity index (χ0) is 14.4. The molecule has 0 bridgehead atoms. The van der Waals surface area contributed by atoms with Crippen molar-refractivity contribution in [3.05, 3.63) is 59.7 Å². The van der Waals surface area contributed by atoms with Gasteiger partial charge in [0.2, 0.25) is 0 Å². The molecule has 0 atom stereocenters. The molecule has 2 rings (SSSR count). The largest absolute Gasteiger partial charge is 0.550 e. The number of carbonyl (C=O) groups excluding carboxylic acids is 1. The molecule has 2 aromatic carbocycles. The summed E-state index contributed by atoms with van der Waals surface area (Å²) < 4.78 is 10.9. The first-order valence-corrected chi connectivity index (χ1v) is 6.22. The number of ether oxygens (including phenoxy) is 2. The molecule has 0 aliphatic rings. The number of aliphatic carboxylic acids is 1. The van der Waals surface area contributed by atoms with Gasteiger partial charge in [-0.1, -0.05) is 36.4 Å². The van der Waals surface area contributed by atoms with Crippen molar-refractivity contribution in [2.24, 2.45) is 0 Å². The molecule has 0 unspecified atom stereocenters. The Hall–Kier alpha value is -2.49. The lowest BCUT2D eigenvalue weighted by Gasteiger charge is -2.12. The quantitative estimate of drug-likeness (QED) is 0.800. The maximum atomic E-state index is 10.6. The monoisotopic (exact) mass is 271 g/mol. The van der Waals surface area contributed by atoms with Crippen molar-refractivity contribution in [3.63, 3.8) is 0 Å². The fourth-order valence-electron chi connectivity index (χ4n) is 1.85. The van der Waals surface area contributed by atoms with E-state index in [0.29, 0.717) is 23.7 Å². The molecule has 104 valence electrons. The average molecular weight is 271 g/mol.